The van der Waals surface area contributed by atoms with Crippen LogP contribution in [0.5, 0.6) is 0 Å². The minimum absolute atomic E-state index is 0.0421. The predicted molar refractivity (Wildman–Crippen MR) is 136 cm³/mol. The Hall–Kier alpha value is -2.69. The molecule has 1 aromatic carbocycles. The lowest BCUT2D eigenvalue weighted by Gasteiger charge is -2.20. The average Bonchev–Trinajstić information content (AvgIpc) is 3.15. The van der Waals surface area contributed by atoms with Crippen molar-refractivity contribution in [2.75, 3.05) is 0 Å². The van der Waals surface area contributed by atoms with Crippen LogP contribution in [0.4, 0.5) is 4.39 Å². The summed E-state index contributed by atoms with van der Waals surface area (Å²) in [7, 11) is 0. The van der Waals surface area contributed by atoms with Crippen LogP contribution in [0.3, 0.4) is 0 Å². The molecule has 1 aliphatic rings. The summed E-state index contributed by atoms with van der Waals surface area (Å²) in [5.74, 6) is -0.189. The minimum atomic E-state index is -0.231. The Kier molecular flexibility index (Phi) is 8.36. The summed E-state index contributed by atoms with van der Waals surface area (Å²) in [6.45, 7) is 3.80. The number of benzene rings is 1. The van der Waals surface area contributed by atoms with Crippen LogP contribution in [-0.2, 0) is 11.2 Å². The van der Waals surface area contributed by atoms with Gasteiger partial charge in [0, 0.05) is 17.8 Å². The second-order valence-corrected chi connectivity index (χ2v) is 10.0. The van der Waals surface area contributed by atoms with E-state index in [0.29, 0.717) is 5.56 Å². The molecule has 4 rings (SSSR count). The number of fused-ring (bicyclic) bond motifs is 1. The Labute approximate surface area is 203 Å². The molecule has 34 heavy (non-hydrogen) atoms. The van der Waals surface area contributed by atoms with Gasteiger partial charge in [0.1, 0.15) is 11.5 Å². The maximum Gasteiger partial charge on any atom is 0.226 e. The van der Waals surface area contributed by atoms with Gasteiger partial charge in [0.05, 0.1) is 17.8 Å². The van der Waals surface area contributed by atoms with Crippen molar-refractivity contribution in [2.24, 2.45) is 0 Å². The van der Waals surface area contributed by atoms with Crippen LogP contribution < -0.4 is 5.32 Å². The smallest absolute Gasteiger partial charge is 0.226 e. The van der Waals surface area contributed by atoms with Gasteiger partial charge in [-0.15, -0.1) is 0 Å². The average molecular weight is 464 g/mol. The highest BCUT2D eigenvalue weighted by Crippen LogP contribution is 2.27. The molecule has 2 heterocycles. The third-order valence-electron chi connectivity index (χ3n) is 7.10. The van der Waals surface area contributed by atoms with Crippen molar-refractivity contribution in [3.63, 3.8) is 0 Å². The van der Waals surface area contributed by atoms with E-state index in [1.807, 2.05) is 35.7 Å². The van der Waals surface area contributed by atoms with Crippen molar-refractivity contribution >= 4 is 11.6 Å². The van der Waals surface area contributed by atoms with Crippen LogP contribution in [0.2, 0.25) is 0 Å². The SMILES string of the molecule is Cc1ccc2nc(-c3ccc(F)c(C)c3)c(CC(=O)NC3CCCCCCCCCCC3)n2c1. The number of carbonyl (C=O) groups is 1. The van der Waals surface area contributed by atoms with Crippen LogP contribution >= 0.6 is 0 Å². The molecule has 0 bridgehead atoms. The highest BCUT2D eigenvalue weighted by Gasteiger charge is 2.20. The maximum absolute atomic E-state index is 13.9. The fraction of sp³-hybridized carbons (Fsp3) is 0.517. The van der Waals surface area contributed by atoms with Gasteiger partial charge in [-0.1, -0.05) is 63.9 Å². The van der Waals surface area contributed by atoms with E-state index in [1.165, 1.54) is 63.9 Å². The molecule has 2 aromatic heterocycles. The number of hydrogen-bond acceptors (Lipinski definition) is 2. The first-order chi connectivity index (χ1) is 16.5. The lowest BCUT2D eigenvalue weighted by Crippen LogP contribution is -2.36. The van der Waals surface area contributed by atoms with E-state index in [1.54, 1.807) is 13.0 Å². The van der Waals surface area contributed by atoms with Crippen LogP contribution in [0.15, 0.2) is 36.5 Å². The molecule has 5 heteroatoms. The van der Waals surface area contributed by atoms with E-state index >= 15 is 0 Å². The lowest BCUT2D eigenvalue weighted by atomic mass is 9.97. The van der Waals surface area contributed by atoms with Crippen molar-refractivity contribution in [1.82, 2.24) is 14.7 Å². The summed E-state index contributed by atoms with van der Waals surface area (Å²) < 4.78 is 15.9. The number of aromatic nitrogens is 2. The maximum atomic E-state index is 13.9. The van der Waals surface area contributed by atoms with E-state index in [9.17, 15) is 9.18 Å². The van der Waals surface area contributed by atoms with Gasteiger partial charge >= 0.3 is 0 Å². The molecule has 1 saturated carbocycles. The summed E-state index contributed by atoms with van der Waals surface area (Å²) in [4.78, 5) is 18.1. The Balaban J connectivity index is 1.55. The number of hydrogen-bond donors (Lipinski definition) is 1. The van der Waals surface area contributed by atoms with E-state index in [2.05, 4.69) is 5.32 Å². The molecule has 0 spiro atoms. The Morgan fingerprint density at radius 3 is 2.26 bits per heavy atom. The van der Waals surface area contributed by atoms with E-state index in [0.717, 1.165) is 41.0 Å². The Morgan fingerprint density at radius 2 is 1.62 bits per heavy atom. The first-order valence-electron chi connectivity index (χ1n) is 13.0. The minimum Gasteiger partial charge on any atom is -0.353 e. The second-order valence-electron chi connectivity index (χ2n) is 10.0. The second kappa shape index (κ2) is 11.6. The number of imidazole rings is 1. The molecule has 182 valence electrons. The summed E-state index contributed by atoms with van der Waals surface area (Å²) in [6, 6.07) is 9.29. The molecule has 4 nitrogen and oxygen atoms in total. The normalized spacial score (nSPS) is 16.7. The van der Waals surface area contributed by atoms with Crippen LogP contribution in [0.25, 0.3) is 16.9 Å². The zero-order valence-electron chi connectivity index (χ0n) is 20.7. The summed E-state index contributed by atoms with van der Waals surface area (Å²) in [5.41, 5.74) is 4.94. The fourth-order valence-corrected chi connectivity index (χ4v) is 5.13. The largest absolute Gasteiger partial charge is 0.353 e. The number of pyridine rings is 1. The topological polar surface area (TPSA) is 46.4 Å². The van der Waals surface area contributed by atoms with Gasteiger partial charge in [-0.2, -0.15) is 0 Å². The third kappa shape index (κ3) is 6.25. The van der Waals surface area contributed by atoms with Gasteiger partial charge in [-0.3, -0.25) is 4.79 Å². The Bertz CT molecular complexity index is 1110. The highest BCUT2D eigenvalue weighted by atomic mass is 19.1. The molecule has 0 atom stereocenters. The van der Waals surface area contributed by atoms with Gasteiger partial charge in [-0.25, -0.2) is 9.37 Å². The van der Waals surface area contributed by atoms with Crippen molar-refractivity contribution in [1.29, 1.82) is 0 Å². The first kappa shape index (κ1) is 24.4. The zero-order chi connectivity index (χ0) is 23.9. The molecule has 0 unspecified atom stereocenters. The van der Waals surface area contributed by atoms with E-state index in [-0.39, 0.29) is 24.2 Å². The van der Waals surface area contributed by atoms with Gasteiger partial charge < -0.3 is 9.72 Å². The third-order valence-corrected chi connectivity index (χ3v) is 7.10. The summed E-state index contributed by atoms with van der Waals surface area (Å²) in [6.07, 6.45) is 15.9. The van der Waals surface area contributed by atoms with E-state index < -0.39 is 0 Å². The molecular weight excluding hydrogens is 425 g/mol. The molecule has 0 aliphatic heterocycles. The van der Waals surface area contributed by atoms with Crippen molar-refractivity contribution in [3.05, 3.63) is 59.2 Å². The number of nitrogens with one attached hydrogen (secondary N) is 1. The highest BCUT2D eigenvalue weighted by molar-refractivity contribution is 5.82. The number of nitrogens with zero attached hydrogens (tertiary/aromatic N) is 2. The van der Waals surface area contributed by atoms with Crippen molar-refractivity contribution in [3.8, 4) is 11.3 Å². The van der Waals surface area contributed by atoms with Crippen molar-refractivity contribution < 1.29 is 9.18 Å². The van der Waals surface area contributed by atoms with Gasteiger partial charge in [0.25, 0.3) is 0 Å². The van der Waals surface area contributed by atoms with Crippen molar-refractivity contribution in [2.45, 2.75) is 96.9 Å². The number of carbonyl (C=O) groups excluding carboxylic acids is 1. The number of halogens is 1. The van der Waals surface area contributed by atoms with Crippen LogP contribution in [0, 0.1) is 19.7 Å². The summed E-state index contributed by atoms with van der Waals surface area (Å²) >= 11 is 0. The monoisotopic (exact) mass is 463 g/mol. The molecule has 1 amide bonds. The molecular formula is C29H38FN3O. The standard InChI is InChI=1S/C29H38FN3O/c1-21-14-17-27-32-29(23-15-16-25(30)22(2)18-23)26(33(27)20-21)19-28(34)31-24-12-10-8-6-4-3-5-7-9-11-13-24/h14-18,20,24H,3-13,19H2,1-2H3,(H,31,34). The molecule has 1 aliphatic carbocycles. The zero-order valence-corrected chi connectivity index (χ0v) is 20.7. The molecule has 1 N–H and O–H groups in total. The Morgan fingerprint density at radius 1 is 0.971 bits per heavy atom. The summed E-state index contributed by atoms with van der Waals surface area (Å²) in [5, 5.41) is 3.35. The van der Waals surface area contributed by atoms with E-state index in [4.69, 9.17) is 4.98 Å². The molecule has 1 fully saturated rings. The molecule has 3 aromatic rings. The van der Waals surface area contributed by atoms with Crippen LogP contribution in [-0.4, -0.2) is 21.3 Å². The number of rotatable bonds is 4. The quantitative estimate of drug-likeness (QED) is 0.449. The van der Waals surface area contributed by atoms with Gasteiger partial charge in [-0.05, 0) is 62.1 Å². The predicted octanol–water partition coefficient (Wildman–Crippen LogP) is 7.09. The number of amides is 1. The van der Waals surface area contributed by atoms with Gasteiger partial charge in [0.2, 0.25) is 5.91 Å². The van der Waals surface area contributed by atoms with Crippen LogP contribution in [0.1, 0.15) is 87.4 Å². The molecule has 0 radical (unpaired) electrons. The number of aryl methyl sites for hydroxylation is 2. The fourth-order valence-electron chi connectivity index (χ4n) is 5.13. The van der Waals surface area contributed by atoms with Gasteiger partial charge in [0.15, 0.2) is 0 Å². The lowest BCUT2D eigenvalue weighted by molar-refractivity contribution is -0.121. The first-order valence-corrected chi connectivity index (χ1v) is 13.0. The molecule has 0 saturated heterocycles.